The van der Waals surface area contributed by atoms with Gasteiger partial charge in [-0.2, -0.15) is 0 Å². The fraction of sp³-hybridized carbons (Fsp3) is 0.917. The predicted molar refractivity (Wildman–Crippen MR) is 67.2 cm³/mol. The molecule has 0 atom stereocenters. The Bertz CT molecular complexity index is 176. The Morgan fingerprint density at radius 2 is 1.87 bits per heavy atom. The summed E-state index contributed by atoms with van der Waals surface area (Å²) in [4.78, 5) is 11.6. The Morgan fingerprint density at radius 1 is 1.20 bits per heavy atom. The zero-order chi connectivity index (χ0) is 10.9. The van der Waals surface area contributed by atoms with E-state index in [0.717, 1.165) is 24.7 Å². The van der Waals surface area contributed by atoms with Crippen molar-refractivity contribution in [2.24, 2.45) is 5.92 Å². The fourth-order valence-corrected chi connectivity index (χ4v) is 2.48. The van der Waals surface area contributed by atoms with Crippen molar-refractivity contribution in [3.8, 4) is 0 Å². The Balaban J connectivity index is 2.12. The first-order chi connectivity index (χ1) is 7.33. The van der Waals surface area contributed by atoms with Crippen LogP contribution in [0.1, 0.15) is 51.4 Å². The van der Waals surface area contributed by atoms with Crippen LogP contribution in [0.5, 0.6) is 0 Å². The number of hydrogen-bond acceptors (Lipinski definition) is 1. The molecule has 15 heavy (non-hydrogen) atoms. The number of alkyl halides is 1. The summed E-state index contributed by atoms with van der Waals surface area (Å²) in [5.74, 6) is 0.902. The molecular formula is C12H22BrNO. The number of halogens is 1. The number of carbonyl (C=O) groups is 1. The Kier molecular flexibility index (Phi) is 7.07. The van der Waals surface area contributed by atoms with Gasteiger partial charge in [0.25, 0.3) is 0 Å². The zero-order valence-electron chi connectivity index (χ0n) is 9.43. The summed E-state index contributed by atoms with van der Waals surface area (Å²) in [5.41, 5.74) is 0. The Morgan fingerprint density at radius 3 is 2.47 bits per heavy atom. The average Bonchev–Trinajstić information content (AvgIpc) is 2.47. The maximum Gasteiger partial charge on any atom is 0.220 e. The van der Waals surface area contributed by atoms with Gasteiger partial charge in [0.15, 0.2) is 0 Å². The molecule has 0 spiro atoms. The third-order valence-corrected chi connectivity index (χ3v) is 3.64. The van der Waals surface area contributed by atoms with Crippen LogP contribution in [-0.2, 0) is 4.79 Å². The third kappa shape index (κ3) is 6.18. The molecule has 1 N–H and O–H groups in total. The highest BCUT2D eigenvalue weighted by atomic mass is 79.9. The van der Waals surface area contributed by atoms with E-state index in [9.17, 15) is 4.79 Å². The van der Waals surface area contributed by atoms with Gasteiger partial charge in [-0.05, 0) is 25.2 Å². The van der Waals surface area contributed by atoms with E-state index in [4.69, 9.17) is 0 Å². The molecule has 0 bridgehead atoms. The van der Waals surface area contributed by atoms with Gasteiger partial charge >= 0.3 is 0 Å². The lowest BCUT2D eigenvalue weighted by Crippen LogP contribution is -2.26. The second-order valence-corrected chi connectivity index (χ2v) is 5.25. The molecule has 0 unspecified atom stereocenters. The molecule has 3 heteroatoms. The van der Waals surface area contributed by atoms with Gasteiger partial charge in [-0.1, -0.05) is 41.6 Å². The third-order valence-electron chi connectivity index (χ3n) is 3.08. The van der Waals surface area contributed by atoms with Crippen molar-refractivity contribution in [2.45, 2.75) is 51.4 Å². The molecule has 88 valence electrons. The quantitative estimate of drug-likeness (QED) is 0.466. The van der Waals surface area contributed by atoms with Crippen LogP contribution < -0.4 is 5.32 Å². The Labute approximate surface area is 101 Å². The number of hydrogen-bond donors (Lipinski definition) is 1. The van der Waals surface area contributed by atoms with Crippen LogP contribution in [0, 0.1) is 5.92 Å². The first-order valence-corrected chi connectivity index (χ1v) is 7.27. The molecule has 0 saturated heterocycles. The van der Waals surface area contributed by atoms with Crippen molar-refractivity contribution in [3.63, 3.8) is 0 Å². The van der Waals surface area contributed by atoms with Crippen molar-refractivity contribution >= 4 is 21.8 Å². The lowest BCUT2D eigenvalue weighted by atomic mass is 9.96. The fourth-order valence-electron chi connectivity index (χ4n) is 2.20. The first kappa shape index (κ1) is 13.0. The van der Waals surface area contributed by atoms with E-state index in [1.54, 1.807) is 0 Å². The van der Waals surface area contributed by atoms with Gasteiger partial charge in [0, 0.05) is 18.3 Å². The van der Waals surface area contributed by atoms with Gasteiger partial charge in [-0.15, -0.1) is 0 Å². The van der Waals surface area contributed by atoms with Crippen LogP contribution >= 0.6 is 15.9 Å². The lowest BCUT2D eigenvalue weighted by molar-refractivity contribution is -0.122. The van der Waals surface area contributed by atoms with Crippen LogP contribution in [0.3, 0.4) is 0 Å². The van der Waals surface area contributed by atoms with E-state index in [1.165, 1.54) is 38.5 Å². The van der Waals surface area contributed by atoms with Gasteiger partial charge in [-0.25, -0.2) is 0 Å². The van der Waals surface area contributed by atoms with Gasteiger partial charge < -0.3 is 5.32 Å². The largest absolute Gasteiger partial charge is 0.356 e. The van der Waals surface area contributed by atoms with Crippen molar-refractivity contribution < 1.29 is 4.79 Å². The maximum absolute atomic E-state index is 11.6. The normalized spacial score (nSPS) is 18.5. The summed E-state index contributed by atoms with van der Waals surface area (Å²) in [6.45, 7) is 0.816. The summed E-state index contributed by atoms with van der Waals surface area (Å²) in [5, 5.41) is 3.95. The standard InChI is InChI=1S/C12H22BrNO/c13-8-5-9-14-12(15)10-11-6-3-1-2-4-7-11/h11H,1-10H2,(H,14,15). The topological polar surface area (TPSA) is 29.1 Å². The average molecular weight is 276 g/mol. The van der Waals surface area contributed by atoms with E-state index in [2.05, 4.69) is 21.2 Å². The molecule has 0 aromatic rings. The minimum atomic E-state index is 0.253. The number of carbonyl (C=O) groups excluding carboxylic acids is 1. The van der Waals surface area contributed by atoms with E-state index in [0.29, 0.717) is 5.92 Å². The van der Waals surface area contributed by atoms with Crippen LogP contribution in [-0.4, -0.2) is 17.8 Å². The minimum Gasteiger partial charge on any atom is -0.356 e. The molecule has 0 radical (unpaired) electrons. The Hall–Kier alpha value is -0.0500. The van der Waals surface area contributed by atoms with E-state index in [-0.39, 0.29) is 5.91 Å². The summed E-state index contributed by atoms with van der Waals surface area (Å²) in [7, 11) is 0. The van der Waals surface area contributed by atoms with Gasteiger partial charge in [0.05, 0.1) is 0 Å². The number of amides is 1. The first-order valence-electron chi connectivity index (χ1n) is 6.15. The van der Waals surface area contributed by atoms with Crippen LogP contribution in [0.15, 0.2) is 0 Å². The molecule has 0 aromatic heterocycles. The molecule has 1 amide bonds. The zero-order valence-corrected chi connectivity index (χ0v) is 11.0. The molecule has 1 aliphatic rings. The summed E-state index contributed by atoms with van der Waals surface area (Å²) >= 11 is 3.36. The van der Waals surface area contributed by atoms with Crippen molar-refractivity contribution in [3.05, 3.63) is 0 Å². The monoisotopic (exact) mass is 275 g/mol. The van der Waals surface area contributed by atoms with Crippen molar-refractivity contribution in [2.75, 3.05) is 11.9 Å². The second kappa shape index (κ2) is 8.14. The highest BCUT2D eigenvalue weighted by molar-refractivity contribution is 9.09. The van der Waals surface area contributed by atoms with E-state index < -0.39 is 0 Å². The van der Waals surface area contributed by atoms with Crippen molar-refractivity contribution in [1.82, 2.24) is 5.32 Å². The molecular weight excluding hydrogens is 254 g/mol. The molecule has 0 aromatic carbocycles. The predicted octanol–water partition coefficient (Wildman–Crippen LogP) is 3.25. The van der Waals surface area contributed by atoms with Gasteiger partial charge in [-0.3, -0.25) is 4.79 Å². The molecule has 1 saturated carbocycles. The van der Waals surface area contributed by atoms with E-state index in [1.807, 2.05) is 0 Å². The maximum atomic E-state index is 11.6. The molecule has 1 fully saturated rings. The highest BCUT2D eigenvalue weighted by Gasteiger charge is 2.15. The molecule has 1 aliphatic carbocycles. The molecule has 0 aliphatic heterocycles. The number of rotatable bonds is 5. The lowest BCUT2D eigenvalue weighted by Gasteiger charge is -2.13. The van der Waals surface area contributed by atoms with E-state index >= 15 is 0 Å². The van der Waals surface area contributed by atoms with Crippen LogP contribution in [0.2, 0.25) is 0 Å². The van der Waals surface area contributed by atoms with Gasteiger partial charge in [0.1, 0.15) is 0 Å². The minimum absolute atomic E-state index is 0.253. The number of nitrogens with one attached hydrogen (secondary N) is 1. The molecule has 2 nitrogen and oxygen atoms in total. The summed E-state index contributed by atoms with van der Waals surface area (Å²) < 4.78 is 0. The van der Waals surface area contributed by atoms with Crippen LogP contribution in [0.4, 0.5) is 0 Å². The SMILES string of the molecule is O=C(CC1CCCCCC1)NCCCBr. The molecule has 0 heterocycles. The van der Waals surface area contributed by atoms with Crippen molar-refractivity contribution in [1.29, 1.82) is 0 Å². The smallest absolute Gasteiger partial charge is 0.220 e. The van der Waals surface area contributed by atoms with Crippen LogP contribution in [0.25, 0.3) is 0 Å². The summed E-state index contributed by atoms with van der Waals surface area (Å²) in [6, 6.07) is 0. The van der Waals surface area contributed by atoms with Gasteiger partial charge in [0.2, 0.25) is 5.91 Å². The summed E-state index contributed by atoms with van der Waals surface area (Å²) in [6.07, 6.45) is 9.65. The highest BCUT2D eigenvalue weighted by Crippen LogP contribution is 2.25. The molecule has 1 rings (SSSR count). The second-order valence-electron chi connectivity index (χ2n) is 4.45.